The van der Waals surface area contributed by atoms with Crippen LogP contribution in [0.15, 0.2) is 83.0 Å². The van der Waals surface area contributed by atoms with E-state index in [-0.39, 0.29) is 41.6 Å². The third-order valence-corrected chi connectivity index (χ3v) is 8.44. The van der Waals surface area contributed by atoms with Crippen molar-refractivity contribution >= 4 is 29.2 Å². The van der Waals surface area contributed by atoms with E-state index >= 15 is 0 Å². The highest BCUT2D eigenvalue weighted by molar-refractivity contribution is 6.31. The molecule has 0 radical (unpaired) electrons. The minimum Gasteiger partial charge on any atom is -0.510 e. The Kier molecular flexibility index (Phi) is 9.17. The predicted octanol–water partition coefficient (Wildman–Crippen LogP) is 7.18. The van der Waals surface area contributed by atoms with Gasteiger partial charge in [-0.1, -0.05) is 67.9 Å². The first kappa shape index (κ1) is 32.4. The molecule has 45 heavy (non-hydrogen) atoms. The summed E-state index contributed by atoms with van der Waals surface area (Å²) in [7, 11) is 0. The van der Waals surface area contributed by atoms with Crippen molar-refractivity contribution in [1.82, 2.24) is 15.5 Å². The van der Waals surface area contributed by atoms with Crippen LogP contribution in [0, 0.1) is 5.41 Å². The second kappa shape index (κ2) is 12.8. The minimum absolute atomic E-state index is 0.0298. The molecule has 0 aromatic heterocycles. The molecule has 1 heterocycles. The standard InChI is InChI=1S/C36H42ClN3O5/c1-35(2,3)39-30(43)16-17-31(44)40-27-12-9-13-28(41)33(27)38-26-19-36(4,5)20-29(42)32(26)34(40)24-15-14-23(18-25(24)37)45-21-22-10-7-6-8-11-22/h6-8,10-12,14-15,18,34,38,41H,9,13,16-17,19-21H2,1-5H3,(H,39,43). The number of aliphatic hydroxyl groups excluding tert-OH is 1. The first-order chi connectivity index (χ1) is 21.2. The summed E-state index contributed by atoms with van der Waals surface area (Å²) in [6.45, 7) is 10.1. The molecule has 2 aromatic carbocycles. The Morgan fingerprint density at radius 2 is 1.84 bits per heavy atom. The molecule has 2 aromatic rings. The van der Waals surface area contributed by atoms with E-state index in [9.17, 15) is 19.5 Å². The maximum Gasteiger partial charge on any atom is 0.228 e. The third-order valence-electron chi connectivity index (χ3n) is 8.11. The number of aliphatic hydroxyl groups is 1. The predicted molar refractivity (Wildman–Crippen MR) is 174 cm³/mol. The minimum atomic E-state index is -0.875. The van der Waals surface area contributed by atoms with Crippen LogP contribution in [0.4, 0.5) is 0 Å². The number of amides is 2. The topological polar surface area (TPSA) is 108 Å². The Hall–Kier alpha value is -4.04. The SMILES string of the molecule is CC1(C)CC(=O)C2=C(C1)NC1=C(O)CCC=C1N(C(=O)CCC(=O)NC(C)(C)C)C2c1ccc(OCc2ccccc2)cc1Cl. The number of Topliss-reactive ketones (excluding diaryl/α,β-unsaturated/α-hetero) is 1. The number of hydrogen-bond acceptors (Lipinski definition) is 6. The fraction of sp³-hybridized carbons (Fsp3) is 0.417. The maximum atomic E-state index is 14.3. The first-order valence-corrected chi connectivity index (χ1v) is 15.9. The van der Waals surface area contributed by atoms with E-state index in [0.717, 1.165) is 5.56 Å². The van der Waals surface area contributed by atoms with Crippen molar-refractivity contribution in [2.24, 2.45) is 5.41 Å². The van der Waals surface area contributed by atoms with Crippen LogP contribution in [-0.4, -0.2) is 33.1 Å². The lowest BCUT2D eigenvalue weighted by Gasteiger charge is -2.37. The van der Waals surface area contributed by atoms with Crippen LogP contribution in [0.5, 0.6) is 5.75 Å². The Balaban J connectivity index is 1.59. The summed E-state index contributed by atoms with van der Waals surface area (Å²) >= 11 is 6.99. The highest BCUT2D eigenvalue weighted by atomic mass is 35.5. The largest absolute Gasteiger partial charge is 0.510 e. The summed E-state index contributed by atoms with van der Waals surface area (Å²) in [4.78, 5) is 42.6. The van der Waals surface area contributed by atoms with E-state index in [1.54, 1.807) is 23.1 Å². The second-order valence-corrected chi connectivity index (χ2v) is 14.2. The molecule has 3 N–H and O–H groups in total. The molecular weight excluding hydrogens is 590 g/mol. The normalized spacial score (nSPS) is 19.6. The number of nitrogens with one attached hydrogen (secondary N) is 2. The van der Waals surface area contributed by atoms with Crippen LogP contribution in [-0.2, 0) is 21.0 Å². The van der Waals surface area contributed by atoms with Gasteiger partial charge in [-0.15, -0.1) is 0 Å². The number of nitrogens with zero attached hydrogens (tertiary/aromatic N) is 1. The molecule has 5 rings (SSSR count). The van der Waals surface area contributed by atoms with Crippen LogP contribution in [0.1, 0.15) is 90.3 Å². The summed E-state index contributed by atoms with van der Waals surface area (Å²) in [5.74, 6) is -0.0192. The molecule has 0 saturated carbocycles. The lowest BCUT2D eigenvalue weighted by Crippen LogP contribution is -2.42. The highest BCUT2D eigenvalue weighted by Gasteiger charge is 2.45. The van der Waals surface area contributed by atoms with Crippen LogP contribution < -0.4 is 15.4 Å². The number of allylic oxidation sites excluding steroid dienone is 3. The number of carbonyl (C=O) groups excluding carboxylic acids is 3. The van der Waals surface area contributed by atoms with Gasteiger partial charge < -0.3 is 20.5 Å². The van der Waals surface area contributed by atoms with Gasteiger partial charge in [-0.05, 0) is 62.3 Å². The van der Waals surface area contributed by atoms with Crippen molar-refractivity contribution in [3.05, 3.63) is 99.2 Å². The van der Waals surface area contributed by atoms with Gasteiger partial charge in [-0.25, -0.2) is 0 Å². The highest BCUT2D eigenvalue weighted by Crippen LogP contribution is 2.49. The Morgan fingerprint density at radius 3 is 2.53 bits per heavy atom. The number of benzene rings is 2. The van der Waals surface area contributed by atoms with Crippen molar-refractivity contribution in [3.8, 4) is 5.75 Å². The zero-order valence-corrected chi connectivity index (χ0v) is 27.4. The van der Waals surface area contributed by atoms with Crippen molar-refractivity contribution in [2.75, 3.05) is 0 Å². The molecule has 0 bridgehead atoms. The molecule has 1 atom stereocenters. The van der Waals surface area contributed by atoms with Gasteiger partial charge in [0, 0.05) is 47.5 Å². The molecule has 2 aliphatic carbocycles. The summed E-state index contributed by atoms with van der Waals surface area (Å²) in [6.07, 6.45) is 3.53. The number of rotatable bonds is 7. The summed E-state index contributed by atoms with van der Waals surface area (Å²) in [5.41, 5.74) is 2.79. The molecule has 0 fully saturated rings. The average Bonchev–Trinajstić information content (AvgIpc) is 3.09. The van der Waals surface area contributed by atoms with Crippen molar-refractivity contribution in [1.29, 1.82) is 0 Å². The molecule has 3 aliphatic rings. The van der Waals surface area contributed by atoms with E-state index in [0.29, 0.717) is 71.3 Å². The van der Waals surface area contributed by atoms with E-state index < -0.39 is 11.6 Å². The average molecular weight is 632 g/mol. The molecule has 238 valence electrons. The molecule has 0 spiro atoms. The van der Waals surface area contributed by atoms with Crippen molar-refractivity contribution in [3.63, 3.8) is 0 Å². The maximum absolute atomic E-state index is 14.3. The number of carbonyl (C=O) groups is 3. The molecule has 2 amide bonds. The Bertz CT molecular complexity index is 1600. The Morgan fingerprint density at radius 1 is 1.11 bits per heavy atom. The number of ether oxygens (including phenoxy) is 1. The van der Waals surface area contributed by atoms with Gasteiger partial charge >= 0.3 is 0 Å². The quantitative estimate of drug-likeness (QED) is 0.299. The van der Waals surface area contributed by atoms with Gasteiger partial charge in [0.25, 0.3) is 0 Å². The monoisotopic (exact) mass is 631 g/mol. The van der Waals surface area contributed by atoms with Crippen LogP contribution in [0.3, 0.4) is 0 Å². The number of ketones is 1. The molecular formula is C36H42ClN3O5. The summed E-state index contributed by atoms with van der Waals surface area (Å²) < 4.78 is 6.02. The van der Waals surface area contributed by atoms with E-state index in [1.807, 2.05) is 71.0 Å². The molecule has 0 saturated heterocycles. The van der Waals surface area contributed by atoms with E-state index in [2.05, 4.69) is 10.6 Å². The van der Waals surface area contributed by atoms with Gasteiger partial charge in [0.05, 0.1) is 11.7 Å². The van der Waals surface area contributed by atoms with Crippen molar-refractivity contribution in [2.45, 2.75) is 91.3 Å². The number of halogens is 1. The lowest BCUT2D eigenvalue weighted by atomic mass is 9.73. The fourth-order valence-electron chi connectivity index (χ4n) is 6.21. The van der Waals surface area contributed by atoms with E-state index in [1.165, 1.54) is 0 Å². The zero-order chi connectivity index (χ0) is 32.5. The lowest BCUT2D eigenvalue weighted by molar-refractivity contribution is -0.134. The number of hydrogen-bond donors (Lipinski definition) is 3. The van der Waals surface area contributed by atoms with Gasteiger partial charge in [-0.3, -0.25) is 19.3 Å². The first-order valence-electron chi connectivity index (χ1n) is 15.5. The van der Waals surface area contributed by atoms with Gasteiger partial charge in [0.15, 0.2) is 5.78 Å². The molecule has 8 nitrogen and oxygen atoms in total. The van der Waals surface area contributed by atoms with Crippen LogP contribution in [0.25, 0.3) is 0 Å². The van der Waals surface area contributed by atoms with Crippen LogP contribution in [0.2, 0.25) is 5.02 Å². The third kappa shape index (κ3) is 7.44. The smallest absolute Gasteiger partial charge is 0.228 e. The van der Waals surface area contributed by atoms with Gasteiger partial charge in [-0.2, -0.15) is 0 Å². The second-order valence-electron chi connectivity index (χ2n) is 13.8. The van der Waals surface area contributed by atoms with Crippen molar-refractivity contribution < 1.29 is 24.2 Å². The van der Waals surface area contributed by atoms with E-state index in [4.69, 9.17) is 16.3 Å². The number of fused-ring (bicyclic) bond motifs is 1. The van der Waals surface area contributed by atoms with Crippen LogP contribution >= 0.6 is 11.6 Å². The molecule has 9 heteroatoms. The molecule has 1 unspecified atom stereocenters. The molecule has 1 aliphatic heterocycles. The Labute approximate surface area is 270 Å². The fourth-order valence-corrected chi connectivity index (χ4v) is 6.49. The zero-order valence-electron chi connectivity index (χ0n) is 26.6. The summed E-state index contributed by atoms with van der Waals surface area (Å²) in [5, 5.41) is 17.7. The van der Waals surface area contributed by atoms with Gasteiger partial charge in [0.1, 0.15) is 23.8 Å². The summed E-state index contributed by atoms with van der Waals surface area (Å²) in [6, 6.07) is 14.2. The van der Waals surface area contributed by atoms with Gasteiger partial charge in [0.2, 0.25) is 11.8 Å².